The second-order valence-corrected chi connectivity index (χ2v) is 5.07. The number of carbonyl (C=O) groups excluding carboxylic acids is 1. The summed E-state index contributed by atoms with van der Waals surface area (Å²) in [5.74, 6) is 0.0747. The second-order valence-electron chi connectivity index (χ2n) is 4.55. The molecule has 1 fully saturated rings. The molecular formula is C11H21N3OS. The van der Waals surface area contributed by atoms with Crippen LogP contribution in [0.5, 0.6) is 0 Å². The SMILES string of the molecule is CC(C(=O)NC1CCCC1)N(C)CC(N)=S. The first-order valence-electron chi connectivity index (χ1n) is 5.79. The molecular weight excluding hydrogens is 222 g/mol. The largest absolute Gasteiger partial charge is 0.392 e. The average molecular weight is 243 g/mol. The molecule has 1 aliphatic carbocycles. The van der Waals surface area contributed by atoms with E-state index in [-0.39, 0.29) is 11.9 Å². The lowest BCUT2D eigenvalue weighted by Crippen LogP contribution is -2.48. The smallest absolute Gasteiger partial charge is 0.237 e. The Morgan fingerprint density at radius 1 is 1.56 bits per heavy atom. The summed E-state index contributed by atoms with van der Waals surface area (Å²) in [6, 6.07) is 0.190. The van der Waals surface area contributed by atoms with Gasteiger partial charge in [0.2, 0.25) is 5.91 Å². The number of amides is 1. The summed E-state index contributed by atoms with van der Waals surface area (Å²) in [6.07, 6.45) is 4.67. The van der Waals surface area contributed by atoms with E-state index in [1.807, 2.05) is 18.9 Å². The maximum atomic E-state index is 11.9. The first-order valence-corrected chi connectivity index (χ1v) is 6.20. The molecule has 0 bridgehead atoms. The van der Waals surface area contributed by atoms with Crippen LogP contribution < -0.4 is 11.1 Å². The highest BCUT2D eigenvalue weighted by Gasteiger charge is 2.23. The van der Waals surface area contributed by atoms with Gasteiger partial charge >= 0.3 is 0 Å². The molecule has 1 unspecified atom stereocenters. The molecule has 92 valence electrons. The van der Waals surface area contributed by atoms with Crippen molar-refractivity contribution in [2.45, 2.75) is 44.7 Å². The Balaban J connectivity index is 2.36. The Bertz CT molecular complexity index is 264. The van der Waals surface area contributed by atoms with E-state index >= 15 is 0 Å². The summed E-state index contributed by atoms with van der Waals surface area (Å²) < 4.78 is 0. The summed E-state index contributed by atoms with van der Waals surface area (Å²) >= 11 is 4.83. The number of likely N-dealkylation sites (N-methyl/N-ethyl adjacent to an activating group) is 1. The third kappa shape index (κ3) is 4.06. The minimum Gasteiger partial charge on any atom is -0.392 e. The van der Waals surface area contributed by atoms with Crippen LogP contribution in [0.2, 0.25) is 0 Å². The number of thiocarbonyl (C=S) groups is 1. The molecule has 16 heavy (non-hydrogen) atoms. The average Bonchev–Trinajstić information content (AvgIpc) is 2.68. The molecule has 0 aromatic heterocycles. The molecule has 1 atom stereocenters. The maximum absolute atomic E-state index is 11.9. The van der Waals surface area contributed by atoms with Gasteiger partial charge in [-0.15, -0.1) is 0 Å². The molecule has 1 saturated carbocycles. The van der Waals surface area contributed by atoms with Gasteiger partial charge in [-0.1, -0.05) is 25.1 Å². The van der Waals surface area contributed by atoms with Crippen LogP contribution in [0.25, 0.3) is 0 Å². The summed E-state index contributed by atoms with van der Waals surface area (Å²) in [6.45, 7) is 2.36. The number of nitrogens with two attached hydrogens (primary N) is 1. The highest BCUT2D eigenvalue weighted by atomic mass is 32.1. The molecule has 1 aliphatic rings. The number of hydrogen-bond acceptors (Lipinski definition) is 3. The molecule has 0 saturated heterocycles. The highest BCUT2D eigenvalue weighted by molar-refractivity contribution is 7.80. The lowest BCUT2D eigenvalue weighted by molar-refractivity contribution is -0.125. The van der Waals surface area contributed by atoms with Crippen LogP contribution in [-0.2, 0) is 4.79 Å². The van der Waals surface area contributed by atoms with Gasteiger partial charge in [0.15, 0.2) is 0 Å². The zero-order chi connectivity index (χ0) is 12.1. The van der Waals surface area contributed by atoms with E-state index in [4.69, 9.17) is 18.0 Å². The standard InChI is InChI=1S/C11H21N3OS/c1-8(14(2)7-10(12)16)11(15)13-9-5-3-4-6-9/h8-9H,3-7H2,1-2H3,(H2,12,16)(H,13,15). The highest BCUT2D eigenvalue weighted by Crippen LogP contribution is 2.17. The minimum absolute atomic E-state index is 0.0747. The molecule has 1 amide bonds. The number of rotatable bonds is 5. The van der Waals surface area contributed by atoms with E-state index in [0.717, 1.165) is 12.8 Å². The van der Waals surface area contributed by atoms with Gasteiger partial charge in [-0.05, 0) is 26.8 Å². The number of nitrogens with zero attached hydrogens (tertiary/aromatic N) is 1. The Morgan fingerprint density at radius 3 is 2.62 bits per heavy atom. The molecule has 0 heterocycles. The van der Waals surface area contributed by atoms with Crippen LogP contribution >= 0.6 is 12.2 Å². The third-order valence-electron chi connectivity index (χ3n) is 3.15. The second kappa shape index (κ2) is 6.15. The van der Waals surface area contributed by atoms with Crippen molar-refractivity contribution in [1.82, 2.24) is 10.2 Å². The summed E-state index contributed by atoms with van der Waals surface area (Å²) in [7, 11) is 1.86. The number of nitrogens with one attached hydrogen (secondary N) is 1. The van der Waals surface area contributed by atoms with Gasteiger partial charge in [0, 0.05) is 12.6 Å². The van der Waals surface area contributed by atoms with E-state index in [1.54, 1.807) is 0 Å². The van der Waals surface area contributed by atoms with E-state index in [1.165, 1.54) is 12.8 Å². The number of carbonyl (C=O) groups is 1. The van der Waals surface area contributed by atoms with Crippen molar-refractivity contribution in [3.63, 3.8) is 0 Å². The monoisotopic (exact) mass is 243 g/mol. The van der Waals surface area contributed by atoms with E-state index in [9.17, 15) is 4.79 Å². The molecule has 1 rings (SSSR count). The van der Waals surface area contributed by atoms with Crippen molar-refractivity contribution >= 4 is 23.1 Å². The van der Waals surface area contributed by atoms with Gasteiger partial charge in [0.05, 0.1) is 11.0 Å². The van der Waals surface area contributed by atoms with E-state index < -0.39 is 0 Å². The molecule has 0 aromatic carbocycles. The Labute approximate surface area is 103 Å². The van der Waals surface area contributed by atoms with Crippen LogP contribution in [0.15, 0.2) is 0 Å². The number of hydrogen-bond donors (Lipinski definition) is 2. The molecule has 4 nitrogen and oxygen atoms in total. The molecule has 5 heteroatoms. The van der Waals surface area contributed by atoms with Gasteiger partial charge in [-0.3, -0.25) is 9.69 Å². The summed E-state index contributed by atoms with van der Waals surface area (Å²) in [5.41, 5.74) is 5.45. The third-order valence-corrected chi connectivity index (χ3v) is 3.28. The predicted molar refractivity (Wildman–Crippen MR) is 69.3 cm³/mol. The van der Waals surface area contributed by atoms with Crippen LogP contribution in [0.1, 0.15) is 32.6 Å². The van der Waals surface area contributed by atoms with Crippen molar-refractivity contribution in [1.29, 1.82) is 0 Å². The molecule has 0 spiro atoms. The summed E-state index contributed by atoms with van der Waals surface area (Å²) in [4.78, 5) is 14.2. The Hall–Kier alpha value is -0.680. The minimum atomic E-state index is -0.179. The van der Waals surface area contributed by atoms with E-state index in [0.29, 0.717) is 17.6 Å². The van der Waals surface area contributed by atoms with Crippen molar-refractivity contribution in [3.8, 4) is 0 Å². The van der Waals surface area contributed by atoms with Crippen LogP contribution in [-0.4, -0.2) is 41.5 Å². The lowest BCUT2D eigenvalue weighted by Gasteiger charge is -2.24. The van der Waals surface area contributed by atoms with Crippen LogP contribution in [0, 0.1) is 0 Å². The Kier molecular flexibility index (Phi) is 5.15. The molecule has 3 N–H and O–H groups in total. The molecule has 0 radical (unpaired) electrons. The zero-order valence-corrected chi connectivity index (χ0v) is 10.8. The Morgan fingerprint density at radius 2 is 2.12 bits per heavy atom. The maximum Gasteiger partial charge on any atom is 0.237 e. The van der Waals surface area contributed by atoms with Crippen molar-refractivity contribution < 1.29 is 4.79 Å². The van der Waals surface area contributed by atoms with Crippen molar-refractivity contribution in [2.24, 2.45) is 5.73 Å². The zero-order valence-electron chi connectivity index (χ0n) is 10.0. The summed E-state index contributed by atoms with van der Waals surface area (Å²) in [5, 5.41) is 3.07. The van der Waals surface area contributed by atoms with Gasteiger partial charge in [0.25, 0.3) is 0 Å². The van der Waals surface area contributed by atoms with Crippen LogP contribution in [0.3, 0.4) is 0 Å². The van der Waals surface area contributed by atoms with Gasteiger partial charge in [0.1, 0.15) is 0 Å². The fraction of sp³-hybridized carbons (Fsp3) is 0.818. The van der Waals surface area contributed by atoms with Crippen molar-refractivity contribution in [3.05, 3.63) is 0 Å². The fourth-order valence-electron chi connectivity index (χ4n) is 1.97. The normalized spacial score (nSPS) is 18.7. The van der Waals surface area contributed by atoms with Crippen LogP contribution in [0.4, 0.5) is 0 Å². The fourth-order valence-corrected chi connectivity index (χ4v) is 2.18. The predicted octanol–water partition coefficient (Wildman–Crippen LogP) is 0.652. The van der Waals surface area contributed by atoms with Gasteiger partial charge < -0.3 is 11.1 Å². The van der Waals surface area contributed by atoms with Gasteiger partial charge in [-0.2, -0.15) is 0 Å². The first kappa shape index (κ1) is 13.4. The lowest BCUT2D eigenvalue weighted by atomic mass is 10.2. The van der Waals surface area contributed by atoms with Crippen molar-refractivity contribution in [2.75, 3.05) is 13.6 Å². The molecule has 0 aliphatic heterocycles. The van der Waals surface area contributed by atoms with E-state index in [2.05, 4.69) is 5.32 Å². The topological polar surface area (TPSA) is 58.4 Å². The quantitative estimate of drug-likeness (QED) is 0.696. The first-order chi connectivity index (χ1) is 7.50. The van der Waals surface area contributed by atoms with Gasteiger partial charge in [-0.25, -0.2) is 0 Å². The molecule has 0 aromatic rings.